The molecular formula is C34H35IN6O2. The first kappa shape index (κ1) is 30.7. The van der Waals surface area contributed by atoms with Crippen LogP contribution in [0.15, 0.2) is 73.1 Å². The van der Waals surface area contributed by atoms with Crippen molar-refractivity contribution in [3.8, 4) is 35.1 Å². The lowest BCUT2D eigenvalue weighted by molar-refractivity contribution is 0.0958. The molecule has 3 atom stereocenters. The highest BCUT2D eigenvalue weighted by Crippen LogP contribution is 2.31. The Morgan fingerprint density at radius 2 is 1.91 bits per heavy atom. The fraction of sp³-hybridized carbons (Fsp3) is 0.324. The topological polar surface area (TPSA) is 102 Å². The van der Waals surface area contributed by atoms with Gasteiger partial charge < -0.3 is 15.4 Å². The normalized spacial score (nSPS) is 16.9. The summed E-state index contributed by atoms with van der Waals surface area (Å²) in [5.41, 5.74) is 6.50. The minimum atomic E-state index is -0.212. The summed E-state index contributed by atoms with van der Waals surface area (Å²) in [7, 11) is 0. The fourth-order valence-corrected chi connectivity index (χ4v) is 5.74. The number of aromatic nitrogens is 4. The molecule has 43 heavy (non-hydrogen) atoms. The molecule has 1 fully saturated rings. The standard InChI is InChI=1S/C34H35IN6O2/c1-3-16-39-34(42)27-13-11-26(12-14-27)30-21-28(32(41-40-30)33-37-17-5-18-38-33)6-4-20-43-22-31-29(15-19-36-31)25-9-7-24(8-10-25)23(2)35/h1,5,7-14,17-18,21,23,29,31,36H,4,6,15-16,19-20,22H2,2H3,(H,39,42)/t23?,29-,31-/m1/s1. The van der Waals surface area contributed by atoms with Crippen molar-refractivity contribution >= 4 is 28.5 Å². The van der Waals surface area contributed by atoms with Gasteiger partial charge in [0.25, 0.3) is 5.91 Å². The second-order valence-electron chi connectivity index (χ2n) is 10.6. The summed E-state index contributed by atoms with van der Waals surface area (Å²) in [6.45, 7) is 4.71. The molecule has 220 valence electrons. The van der Waals surface area contributed by atoms with Crippen LogP contribution in [0.2, 0.25) is 0 Å². The summed E-state index contributed by atoms with van der Waals surface area (Å²) in [6.07, 6.45) is 11.3. The Morgan fingerprint density at radius 3 is 2.63 bits per heavy atom. The lowest BCUT2D eigenvalue weighted by atomic mass is 9.91. The summed E-state index contributed by atoms with van der Waals surface area (Å²) < 4.78 is 6.70. The van der Waals surface area contributed by atoms with Crippen LogP contribution in [0, 0.1) is 12.3 Å². The van der Waals surface area contributed by atoms with Gasteiger partial charge in [0.15, 0.2) is 5.82 Å². The molecule has 1 saturated heterocycles. The first-order chi connectivity index (χ1) is 21.0. The third-order valence-corrected chi connectivity index (χ3v) is 8.37. The van der Waals surface area contributed by atoms with Gasteiger partial charge in [-0.1, -0.05) is 64.9 Å². The number of hydrogen-bond acceptors (Lipinski definition) is 7. The lowest BCUT2D eigenvalue weighted by Crippen LogP contribution is -2.31. The van der Waals surface area contributed by atoms with Crippen LogP contribution in [0.25, 0.3) is 22.8 Å². The largest absolute Gasteiger partial charge is 0.380 e. The zero-order chi connectivity index (χ0) is 30.0. The van der Waals surface area contributed by atoms with E-state index >= 15 is 0 Å². The molecule has 9 heteroatoms. The van der Waals surface area contributed by atoms with Crippen LogP contribution in [-0.2, 0) is 11.2 Å². The van der Waals surface area contributed by atoms with E-state index in [1.807, 2.05) is 18.2 Å². The van der Waals surface area contributed by atoms with Crippen molar-refractivity contribution in [2.75, 3.05) is 26.3 Å². The lowest BCUT2D eigenvalue weighted by Gasteiger charge is -2.20. The number of terminal acetylenes is 1. The van der Waals surface area contributed by atoms with E-state index in [9.17, 15) is 4.79 Å². The highest BCUT2D eigenvalue weighted by atomic mass is 127. The Hall–Kier alpha value is -3.72. The summed E-state index contributed by atoms with van der Waals surface area (Å²) in [4.78, 5) is 21.0. The number of aryl methyl sites for hydroxylation is 1. The van der Waals surface area contributed by atoms with Gasteiger partial charge in [0.1, 0.15) is 5.69 Å². The Labute approximate surface area is 266 Å². The second kappa shape index (κ2) is 15.1. The number of nitrogens with one attached hydrogen (secondary N) is 2. The van der Waals surface area contributed by atoms with Gasteiger partial charge in [0, 0.05) is 46.0 Å². The van der Waals surface area contributed by atoms with Gasteiger partial charge in [-0.25, -0.2) is 9.97 Å². The van der Waals surface area contributed by atoms with Crippen LogP contribution in [0.1, 0.15) is 56.7 Å². The number of amides is 1. The fourth-order valence-electron chi connectivity index (χ4n) is 5.32. The predicted molar refractivity (Wildman–Crippen MR) is 177 cm³/mol. The van der Waals surface area contributed by atoms with E-state index in [1.165, 1.54) is 11.1 Å². The van der Waals surface area contributed by atoms with Crippen LogP contribution < -0.4 is 10.6 Å². The Morgan fingerprint density at radius 1 is 1.14 bits per heavy atom. The van der Waals surface area contributed by atoms with Crippen molar-refractivity contribution in [1.82, 2.24) is 30.8 Å². The molecule has 2 aromatic carbocycles. The number of benzene rings is 2. The zero-order valence-electron chi connectivity index (χ0n) is 24.2. The SMILES string of the molecule is C#CCNC(=O)c1ccc(-c2cc(CCCOC[C@H]3NCC[C@@H]3c3ccc(C(C)I)cc3)c(-c3ncccn3)nn2)cc1. The molecule has 0 spiro atoms. The molecule has 1 aliphatic rings. The van der Waals surface area contributed by atoms with Crippen molar-refractivity contribution < 1.29 is 9.53 Å². The highest BCUT2D eigenvalue weighted by Gasteiger charge is 2.28. The number of hydrogen-bond donors (Lipinski definition) is 2. The van der Waals surface area contributed by atoms with Crippen molar-refractivity contribution in [3.05, 3.63) is 95.3 Å². The second-order valence-corrected chi connectivity index (χ2v) is 12.4. The maximum Gasteiger partial charge on any atom is 0.252 e. The summed E-state index contributed by atoms with van der Waals surface area (Å²) >= 11 is 2.45. The summed E-state index contributed by atoms with van der Waals surface area (Å²) in [6, 6.07) is 20.4. The molecule has 8 nitrogen and oxygen atoms in total. The van der Waals surface area contributed by atoms with E-state index in [0.717, 1.165) is 36.9 Å². The molecule has 1 unspecified atom stereocenters. The molecule has 4 aromatic rings. The van der Waals surface area contributed by atoms with Crippen LogP contribution in [0.5, 0.6) is 0 Å². The number of halogens is 1. The Balaban J connectivity index is 1.22. The molecule has 5 rings (SSSR count). The predicted octanol–water partition coefficient (Wildman–Crippen LogP) is 5.55. The van der Waals surface area contributed by atoms with Gasteiger partial charge in [-0.2, -0.15) is 0 Å². The number of nitrogens with zero attached hydrogens (tertiary/aromatic N) is 4. The molecule has 3 heterocycles. The molecule has 0 radical (unpaired) electrons. The van der Waals surface area contributed by atoms with Gasteiger partial charge >= 0.3 is 0 Å². The van der Waals surface area contributed by atoms with Gasteiger partial charge in [-0.15, -0.1) is 16.6 Å². The molecule has 0 saturated carbocycles. The van der Waals surface area contributed by atoms with Crippen molar-refractivity contribution in [2.24, 2.45) is 0 Å². The van der Waals surface area contributed by atoms with E-state index in [0.29, 0.717) is 51.9 Å². The number of carbonyl (C=O) groups excluding carboxylic acids is 1. The Kier molecular flexibility index (Phi) is 10.8. The van der Waals surface area contributed by atoms with Gasteiger partial charge in [0.2, 0.25) is 0 Å². The van der Waals surface area contributed by atoms with E-state index in [2.05, 4.69) is 90.5 Å². The molecular weight excluding hydrogens is 651 g/mol. The highest BCUT2D eigenvalue weighted by molar-refractivity contribution is 14.1. The monoisotopic (exact) mass is 686 g/mol. The number of ether oxygens (including phenoxy) is 1. The maximum absolute atomic E-state index is 12.2. The van der Waals surface area contributed by atoms with Gasteiger partial charge in [-0.3, -0.25) is 4.79 Å². The van der Waals surface area contributed by atoms with Crippen molar-refractivity contribution in [1.29, 1.82) is 0 Å². The smallest absolute Gasteiger partial charge is 0.252 e. The Bertz CT molecular complexity index is 1540. The minimum Gasteiger partial charge on any atom is -0.380 e. The number of alkyl halides is 1. The van der Waals surface area contributed by atoms with E-state index in [1.54, 1.807) is 30.6 Å². The van der Waals surface area contributed by atoms with E-state index < -0.39 is 0 Å². The maximum atomic E-state index is 12.2. The van der Waals surface area contributed by atoms with Crippen LogP contribution in [0.3, 0.4) is 0 Å². The zero-order valence-corrected chi connectivity index (χ0v) is 26.3. The first-order valence-corrected chi connectivity index (χ1v) is 15.8. The van der Waals surface area contributed by atoms with Gasteiger partial charge in [0.05, 0.1) is 18.8 Å². The van der Waals surface area contributed by atoms with E-state index in [4.69, 9.17) is 11.2 Å². The molecule has 2 N–H and O–H groups in total. The molecule has 2 aromatic heterocycles. The summed E-state index contributed by atoms with van der Waals surface area (Å²) in [5.74, 6) is 3.20. The first-order valence-electron chi connectivity index (χ1n) is 14.5. The molecule has 1 aliphatic heterocycles. The summed E-state index contributed by atoms with van der Waals surface area (Å²) in [5, 5.41) is 15.3. The van der Waals surface area contributed by atoms with Crippen molar-refractivity contribution in [2.45, 2.75) is 42.1 Å². The molecule has 1 amide bonds. The molecule has 0 aliphatic carbocycles. The average molecular weight is 687 g/mol. The number of rotatable bonds is 12. The molecule has 0 bridgehead atoms. The van der Waals surface area contributed by atoms with Crippen LogP contribution in [-0.4, -0.2) is 58.4 Å². The van der Waals surface area contributed by atoms with Crippen LogP contribution >= 0.6 is 22.6 Å². The third-order valence-electron chi connectivity index (χ3n) is 7.65. The van der Waals surface area contributed by atoms with Crippen molar-refractivity contribution in [3.63, 3.8) is 0 Å². The third kappa shape index (κ3) is 8.02. The minimum absolute atomic E-state index is 0.186. The average Bonchev–Trinajstić information content (AvgIpc) is 3.52. The number of carbonyl (C=O) groups is 1. The van der Waals surface area contributed by atoms with Gasteiger partial charge in [-0.05, 0) is 73.7 Å². The van der Waals surface area contributed by atoms with E-state index in [-0.39, 0.29) is 12.5 Å². The quantitative estimate of drug-likeness (QED) is 0.0872. The van der Waals surface area contributed by atoms with Crippen LogP contribution in [0.4, 0.5) is 0 Å².